The van der Waals surface area contributed by atoms with Gasteiger partial charge >= 0.3 is 0 Å². The van der Waals surface area contributed by atoms with Crippen LogP contribution in [0.1, 0.15) is 18.4 Å². The molecule has 0 spiro atoms. The molecule has 3 N–H and O–H groups in total. The highest BCUT2D eigenvalue weighted by atomic mass is 32.2. The van der Waals surface area contributed by atoms with Crippen LogP contribution >= 0.6 is 0 Å². The highest BCUT2D eigenvalue weighted by Gasteiger charge is 2.35. The number of hydrogen-bond donors (Lipinski definition) is 2. The fraction of sp³-hybridized carbons (Fsp3) is 0.538. The first-order valence-electron chi connectivity index (χ1n) is 6.72. The molecule has 1 aromatic rings. The number of fused-ring (bicyclic) bond motifs is 1. The molecule has 0 saturated carbocycles. The number of hydrogen-bond acceptors (Lipinski definition) is 5. The van der Waals surface area contributed by atoms with Crippen molar-refractivity contribution in [3.8, 4) is 5.75 Å². The molecule has 0 bridgehead atoms. The van der Waals surface area contributed by atoms with Crippen molar-refractivity contribution in [1.82, 2.24) is 4.31 Å². The van der Waals surface area contributed by atoms with Crippen molar-refractivity contribution in [2.75, 3.05) is 25.4 Å². The molecule has 7 heteroatoms. The normalized spacial score (nSPS) is 23.4. The smallest absolute Gasteiger partial charge is 0.246 e. The Morgan fingerprint density at radius 1 is 1.40 bits per heavy atom. The molecule has 2 heterocycles. The Kier molecular flexibility index (Phi) is 3.35. The van der Waals surface area contributed by atoms with E-state index in [1.54, 1.807) is 6.07 Å². The molecule has 0 radical (unpaired) electrons. The van der Waals surface area contributed by atoms with Crippen molar-refractivity contribution >= 4 is 15.7 Å². The molecule has 1 atom stereocenters. The lowest BCUT2D eigenvalue weighted by Crippen LogP contribution is -2.30. The lowest BCUT2D eigenvalue weighted by molar-refractivity contribution is 0.189. The number of anilines is 1. The van der Waals surface area contributed by atoms with Gasteiger partial charge in [-0.3, -0.25) is 0 Å². The fourth-order valence-corrected chi connectivity index (χ4v) is 4.43. The second-order valence-corrected chi connectivity index (χ2v) is 7.17. The first-order chi connectivity index (χ1) is 9.48. The molecule has 3 rings (SSSR count). The van der Waals surface area contributed by atoms with Gasteiger partial charge in [-0.05, 0) is 37.0 Å². The second kappa shape index (κ2) is 4.91. The van der Waals surface area contributed by atoms with Crippen molar-refractivity contribution in [3.05, 3.63) is 17.7 Å². The maximum Gasteiger partial charge on any atom is 0.246 e. The maximum atomic E-state index is 12.7. The zero-order chi connectivity index (χ0) is 14.3. The van der Waals surface area contributed by atoms with E-state index in [1.807, 2.05) is 0 Å². The van der Waals surface area contributed by atoms with Gasteiger partial charge in [0, 0.05) is 18.8 Å². The second-order valence-electron chi connectivity index (χ2n) is 5.26. The van der Waals surface area contributed by atoms with E-state index >= 15 is 0 Å². The molecule has 2 aliphatic heterocycles. The number of rotatable bonds is 2. The number of nitrogen functional groups attached to an aromatic ring is 1. The van der Waals surface area contributed by atoms with E-state index in [-0.39, 0.29) is 11.4 Å². The molecular formula is C13H18N2O4S. The minimum atomic E-state index is -3.67. The van der Waals surface area contributed by atoms with Gasteiger partial charge in [-0.25, -0.2) is 8.42 Å². The van der Waals surface area contributed by atoms with Crippen molar-refractivity contribution in [2.24, 2.45) is 0 Å². The number of benzene rings is 1. The van der Waals surface area contributed by atoms with Crippen LogP contribution < -0.4 is 10.5 Å². The number of nitrogens with two attached hydrogens (primary N) is 1. The Morgan fingerprint density at radius 3 is 2.90 bits per heavy atom. The predicted octanol–water partition coefficient (Wildman–Crippen LogP) is 0.349. The third kappa shape index (κ3) is 2.25. The van der Waals surface area contributed by atoms with E-state index in [0.29, 0.717) is 31.0 Å². The third-order valence-electron chi connectivity index (χ3n) is 3.73. The molecule has 1 saturated heterocycles. The minimum Gasteiger partial charge on any atom is -0.492 e. The highest BCUT2D eigenvalue weighted by Crippen LogP contribution is 2.36. The average Bonchev–Trinajstić information content (AvgIpc) is 2.85. The van der Waals surface area contributed by atoms with Crippen LogP contribution in [0.5, 0.6) is 5.75 Å². The summed E-state index contributed by atoms with van der Waals surface area (Å²) in [6.45, 7) is 0.973. The SMILES string of the molecule is Nc1cc2c(c(S(=O)(=O)N3CC[C@H](O)C3)c1)OCCC2. The number of aliphatic hydroxyl groups is 1. The van der Waals surface area contributed by atoms with Crippen LogP contribution in [0.2, 0.25) is 0 Å². The molecule has 2 aliphatic rings. The van der Waals surface area contributed by atoms with Gasteiger partial charge in [0.2, 0.25) is 10.0 Å². The number of aryl methyl sites for hydroxylation is 1. The molecule has 1 fully saturated rings. The molecule has 1 aromatic carbocycles. The number of nitrogens with zero attached hydrogens (tertiary/aromatic N) is 1. The predicted molar refractivity (Wildman–Crippen MR) is 74.1 cm³/mol. The summed E-state index contributed by atoms with van der Waals surface area (Å²) in [5, 5.41) is 9.54. The van der Waals surface area contributed by atoms with Gasteiger partial charge in [-0.15, -0.1) is 0 Å². The lowest BCUT2D eigenvalue weighted by atomic mass is 10.1. The van der Waals surface area contributed by atoms with Crippen molar-refractivity contribution in [3.63, 3.8) is 0 Å². The molecule has 0 unspecified atom stereocenters. The van der Waals surface area contributed by atoms with Crippen molar-refractivity contribution in [2.45, 2.75) is 30.3 Å². The Balaban J connectivity index is 2.07. The van der Waals surface area contributed by atoms with Crippen LogP contribution in [0.3, 0.4) is 0 Å². The Bertz CT molecular complexity index is 630. The summed E-state index contributed by atoms with van der Waals surface area (Å²) < 4.78 is 32.2. The summed E-state index contributed by atoms with van der Waals surface area (Å²) in [4.78, 5) is 0.126. The van der Waals surface area contributed by atoms with Crippen LogP contribution in [0.25, 0.3) is 0 Å². The Morgan fingerprint density at radius 2 is 2.20 bits per heavy atom. The molecule has 0 aliphatic carbocycles. The third-order valence-corrected chi connectivity index (χ3v) is 5.61. The largest absolute Gasteiger partial charge is 0.492 e. The van der Waals surface area contributed by atoms with Gasteiger partial charge in [-0.1, -0.05) is 0 Å². The summed E-state index contributed by atoms with van der Waals surface area (Å²) in [6, 6.07) is 3.22. The Labute approximate surface area is 118 Å². The van der Waals surface area contributed by atoms with Gasteiger partial charge in [0.1, 0.15) is 10.6 Å². The number of aliphatic hydroxyl groups excluding tert-OH is 1. The van der Waals surface area contributed by atoms with E-state index in [4.69, 9.17) is 10.5 Å². The van der Waals surface area contributed by atoms with E-state index in [9.17, 15) is 13.5 Å². The standard InChI is InChI=1S/C13H18N2O4S/c14-10-6-9-2-1-5-19-13(9)12(7-10)20(17,18)15-4-3-11(16)8-15/h6-7,11,16H,1-5,8,14H2/t11-/m0/s1. The van der Waals surface area contributed by atoms with Gasteiger partial charge in [0.15, 0.2) is 0 Å². The monoisotopic (exact) mass is 298 g/mol. The van der Waals surface area contributed by atoms with Crippen LogP contribution in [-0.4, -0.2) is 43.6 Å². The van der Waals surface area contributed by atoms with E-state index < -0.39 is 16.1 Å². The topological polar surface area (TPSA) is 92.9 Å². The van der Waals surface area contributed by atoms with Crippen LogP contribution in [0.4, 0.5) is 5.69 Å². The van der Waals surface area contributed by atoms with E-state index in [1.165, 1.54) is 10.4 Å². The first-order valence-corrected chi connectivity index (χ1v) is 8.16. The molecule has 20 heavy (non-hydrogen) atoms. The van der Waals surface area contributed by atoms with Crippen LogP contribution in [0, 0.1) is 0 Å². The zero-order valence-corrected chi connectivity index (χ0v) is 11.9. The van der Waals surface area contributed by atoms with Gasteiger partial charge in [0.25, 0.3) is 0 Å². The molecule has 0 aromatic heterocycles. The number of sulfonamides is 1. The fourth-order valence-electron chi connectivity index (χ4n) is 2.73. The van der Waals surface area contributed by atoms with Crippen LogP contribution in [0.15, 0.2) is 17.0 Å². The van der Waals surface area contributed by atoms with Gasteiger partial charge in [-0.2, -0.15) is 4.31 Å². The highest BCUT2D eigenvalue weighted by molar-refractivity contribution is 7.89. The summed E-state index contributed by atoms with van der Waals surface area (Å²) in [7, 11) is -3.67. The van der Waals surface area contributed by atoms with Gasteiger partial charge < -0.3 is 15.6 Å². The summed E-state index contributed by atoms with van der Waals surface area (Å²) in [5.41, 5.74) is 7.08. The molecule has 6 nitrogen and oxygen atoms in total. The summed E-state index contributed by atoms with van der Waals surface area (Å²) in [5.74, 6) is 0.423. The van der Waals surface area contributed by atoms with Crippen molar-refractivity contribution < 1.29 is 18.3 Å². The van der Waals surface area contributed by atoms with E-state index in [2.05, 4.69) is 0 Å². The van der Waals surface area contributed by atoms with Crippen LogP contribution in [-0.2, 0) is 16.4 Å². The summed E-state index contributed by atoms with van der Waals surface area (Å²) >= 11 is 0. The molecule has 0 amide bonds. The number of β-amino-alcohol motifs (C(OH)–C–C–N with tert-alkyl or cyclic N) is 1. The first kappa shape index (κ1) is 13.7. The molecular weight excluding hydrogens is 280 g/mol. The Hall–Kier alpha value is -1.31. The van der Waals surface area contributed by atoms with Gasteiger partial charge in [0.05, 0.1) is 12.7 Å². The maximum absolute atomic E-state index is 12.7. The molecule has 110 valence electrons. The number of ether oxygens (including phenoxy) is 1. The average molecular weight is 298 g/mol. The van der Waals surface area contributed by atoms with Crippen molar-refractivity contribution in [1.29, 1.82) is 0 Å². The quantitative estimate of drug-likeness (QED) is 0.769. The minimum absolute atomic E-state index is 0.126. The zero-order valence-electron chi connectivity index (χ0n) is 11.1. The lowest BCUT2D eigenvalue weighted by Gasteiger charge is -2.23. The summed E-state index contributed by atoms with van der Waals surface area (Å²) in [6.07, 6.45) is 1.50. The van der Waals surface area contributed by atoms with E-state index in [0.717, 1.165) is 18.4 Å².